The summed E-state index contributed by atoms with van der Waals surface area (Å²) in [6.07, 6.45) is -3.21. The molecule has 0 atom stereocenters. The summed E-state index contributed by atoms with van der Waals surface area (Å²) in [5, 5.41) is 8.94. The number of ether oxygens (including phenoxy) is 2. The van der Waals surface area contributed by atoms with Crippen LogP contribution in [0.2, 0.25) is 0 Å². The summed E-state index contributed by atoms with van der Waals surface area (Å²) in [6, 6.07) is 2.62. The Morgan fingerprint density at radius 1 is 1.58 bits per heavy atom. The molecule has 0 aromatic carbocycles. The van der Waals surface area contributed by atoms with Crippen molar-refractivity contribution in [3.8, 4) is 11.9 Å². The second-order valence-electron chi connectivity index (χ2n) is 3.47. The second kappa shape index (κ2) is 6.64. The van der Waals surface area contributed by atoms with Crippen LogP contribution >= 0.6 is 0 Å². The molecule has 0 spiro atoms. The van der Waals surface area contributed by atoms with Gasteiger partial charge >= 0.3 is 5.97 Å². The van der Waals surface area contributed by atoms with Crippen LogP contribution in [0.15, 0.2) is 6.07 Å². The molecule has 1 aromatic heterocycles. The van der Waals surface area contributed by atoms with E-state index in [4.69, 9.17) is 14.7 Å². The molecule has 1 aromatic rings. The zero-order chi connectivity index (χ0) is 14.4. The van der Waals surface area contributed by atoms with Crippen LogP contribution in [-0.2, 0) is 16.0 Å². The molecule has 0 saturated heterocycles. The van der Waals surface area contributed by atoms with Gasteiger partial charge in [0.05, 0.1) is 31.4 Å². The van der Waals surface area contributed by atoms with Crippen molar-refractivity contribution >= 4 is 5.97 Å². The fourth-order valence-electron chi connectivity index (χ4n) is 1.48. The lowest BCUT2D eigenvalue weighted by Gasteiger charge is -2.10. The van der Waals surface area contributed by atoms with Gasteiger partial charge in [-0.05, 0) is 6.92 Å². The SMILES string of the molecule is CCOC(=O)Cc1nc(OC)cc(C(F)F)c1C#N. The number of hydrogen-bond acceptors (Lipinski definition) is 5. The Bertz CT molecular complexity index is 512. The minimum absolute atomic E-state index is 0.0735. The molecule has 1 rings (SSSR count). The molecule has 102 valence electrons. The standard InChI is InChI=1S/C12H12F2N2O3/c1-3-19-11(17)5-9-8(6-15)7(12(13)14)4-10(16-9)18-2/h4,12H,3,5H2,1-2H3. The van der Waals surface area contributed by atoms with Crippen LogP contribution in [0.5, 0.6) is 5.88 Å². The van der Waals surface area contributed by atoms with E-state index in [2.05, 4.69) is 4.98 Å². The molecule has 0 amide bonds. The van der Waals surface area contributed by atoms with Crippen LogP contribution < -0.4 is 4.74 Å². The first kappa shape index (κ1) is 14.8. The predicted octanol–water partition coefficient (Wildman–Crippen LogP) is 2.01. The number of nitrogens with zero attached hydrogens (tertiary/aromatic N) is 2. The van der Waals surface area contributed by atoms with Gasteiger partial charge in [-0.15, -0.1) is 0 Å². The number of nitriles is 1. The van der Waals surface area contributed by atoms with Gasteiger partial charge < -0.3 is 9.47 Å². The smallest absolute Gasteiger partial charge is 0.311 e. The number of methoxy groups -OCH3 is 1. The van der Waals surface area contributed by atoms with Gasteiger partial charge in [0.25, 0.3) is 6.43 Å². The molecule has 0 bridgehead atoms. The van der Waals surface area contributed by atoms with Gasteiger partial charge in [-0.2, -0.15) is 5.26 Å². The summed E-state index contributed by atoms with van der Waals surface area (Å²) in [4.78, 5) is 15.2. The average Bonchev–Trinajstić information content (AvgIpc) is 2.37. The number of carbonyl (C=O) groups is 1. The van der Waals surface area contributed by atoms with Gasteiger partial charge in [-0.25, -0.2) is 13.8 Å². The van der Waals surface area contributed by atoms with Crippen LogP contribution in [0.4, 0.5) is 8.78 Å². The first-order valence-corrected chi connectivity index (χ1v) is 5.45. The highest BCUT2D eigenvalue weighted by molar-refractivity contribution is 5.73. The number of hydrogen-bond donors (Lipinski definition) is 0. The Morgan fingerprint density at radius 2 is 2.26 bits per heavy atom. The fourth-order valence-corrected chi connectivity index (χ4v) is 1.48. The minimum Gasteiger partial charge on any atom is -0.481 e. The topological polar surface area (TPSA) is 72.2 Å². The molecular formula is C12H12F2N2O3. The number of esters is 1. The summed E-state index contributed by atoms with van der Waals surface area (Å²) >= 11 is 0. The summed E-state index contributed by atoms with van der Waals surface area (Å²) in [6.45, 7) is 1.78. The predicted molar refractivity (Wildman–Crippen MR) is 60.8 cm³/mol. The Labute approximate surface area is 108 Å². The summed E-state index contributed by atoms with van der Waals surface area (Å²) < 4.78 is 35.2. The maximum atomic E-state index is 12.8. The van der Waals surface area contributed by atoms with Crippen molar-refractivity contribution < 1.29 is 23.0 Å². The first-order valence-electron chi connectivity index (χ1n) is 5.45. The minimum atomic E-state index is -2.85. The quantitative estimate of drug-likeness (QED) is 0.765. The zero-order valence-electron chi connectivity index (χ0n) is 10.4. The molecule has 0 aliphatic heterocycles. The third-order valence-electron chi connectivity index (χ3n) is 2.27. The van der Waals surface area contributed by atoms with Crippen molar-refractivity contribution in [3.63, 3.8) is 0 Å². The maximum Gasteiger partial charge on any atom is 0.311 e. The van der Waals surface area contributed by atoms with Crippen molar-refractivity contribution in [3.05, 3.63) is 22.9 Å². The molecule has 0 aliphatic carbocycles. The van der Waals surface area contributed by atoms with Crippen LogP contribution in [-0.4, -0.2) is 24.7 Å². The third kappa shape index (κ3) is 3.61. The van der Waals surface area contributed by atoms with Gasteiger partial charge in [0.15, 0.2) is 0 Å². The van der Waals surface area contributed by atoms with Gasteiger partial charge in [0, 0.05) is 11.6 Å². The van der Waals surface area contributed by atoms with Gasteiger partial charge in [-0.1, -0.05) is 0 Å². The van der Waals surface area contributed by atoms with E-state index >= 15 is 0 Å². The van der Waals surface area contributed by atoms with Crippen LogP contribution in [0, 0.1) is 11.3 Å². The van der Waals surface area contributed by atoms with E-state index < -0.39 is 18.0 Å². The Morgan fingerprint density at radius 3 is 2.74 bits per heavy atom. The molecular weight excluding hydrogens is 258 g/mol. The van der Waals surface area contributed by atoms with E-state index in [-0.39, 0.29) is 30.2 Å². The highest BCUT2D eigenvalue weighted by Gasteiger charge is 2.21. The van der Waals surface area contributed by atoms with Crippen molar-refractivity contribution in [2.75, 3.05) is 13.7 Å². The van der Waals surface area contributed by atoms with E-state index in [0.29, 0.717) is 0 Å². The normalized spacial score (nSPS) is 10.1. The lowest BCUT2D eigenvalue weighted by molar-refractivity contribution is -0.142. The largest absolute Gasteiger partial charge is 0.481 e. The monoisotopic (exact) mass is 270 g/mol. The average molecular weight is 270 g/mol. The van der Waals surface area contributed by atoms with Crippen molar-refractivity contribution in [2.45, 2.75) is 19.8 Å². The molecule has 0 N–H and O–H groups in total. The van der Waals surface area contributed by atoms with Crippen LogP contribution in [0.1, 0.15) is 30.2 Å². The van der Waals surface area contributed by atoms with E-state index in [1.165, 1.54) is 7.11 Å². The van der Waals surface area contributed by atoms with Crippen molar-refractivity contribution in [1.29, 1.82) is 5.26 Å². The Balaban J connectivity index is 3.24. The molecule has 0 fully saturated rings. The number of rotatable bonds is 5. The number of pyridine rings is 1. The molecule has 0 saturated carbocycles. The van der Waals surface area contributed by atoms with Crippen LogP contribution in [0.3, 0.4) is 0 Å². The summed E-state index contributed by atoms with van der Waals surface area (Å²) in [7, 11) is 1.26. The second-order valence-corrected chi connectivity index (χ2v) is 3.47. The third-order valence-corrected chi connectivity index (χ3v) is 2.27. The van der Waals surface area contributed by atoms with E-state index in [1.54, 1.807) is 13.0 Å². The molecule has 5 nitrogen and oxygen atoms in total. The Kier molecular flexibility index (Phi) is 5.18. The fraction of sp³-hybridized carbons (Fsp3) is 0.417. The molecule has 19 heavy (non-hydrogen) atoms. The van der Waals surface area contributed by atoms with Gasteiger partial charge in [0.1, 0.15) is 6.07 Å². The van der Waals surface area contributed by atoms with E-state index in [9.17, 15) is 13.6 Å². The van der Waals surface area contributed by atoms with Crippen molar-refractivity contribution in [1.82, 2.24) is 4.98 Å². The number of alkyl halides is 2. The maximum absolute atomic E-state index is 12.8. The molecule has 0 unspecified atom stereocenters. The number of aromatic nitrogens is 1. The van der Waals surface area contributed by atoms with E-state index in [0.717, 1.165) is 6.07 Å². The van der Waals surface area contributed by atoms with Crippen molar-refractivity contribution in [2.24, 2.45) is 0 Å². The van der Waals surface area contributed by atoms with Gasteiger partial charge in [-0.3, -0.25) is 4.79 Å². The summed E-state index contributed by atoms with van der Waals surface area (Å²) in [5.74, 6) is -0.714. The lowest BCUT2D eigenvalue weighted by atomic mass is 10.1. The first-order chi connectivity index (χ1) is 9.03. The highest BCUT2D eigenvalue weighted by Crippen LogP contribution is 2.28. The van der Waals surface area contributed by atoms with Crippen LogP contribution in [0.25, 0.3) is 0 Å². The number of halogens is 2. The zero-order valence-corrected chi connectivity index (χ0v) is 10.4. The molecule has 0 radical (unpaired) electrons. The number of carbonyl (C=O) groups excluding carboxylic acids is 1. The lowest BCUT2D eigenvalue weighted by Crippen LogP contribution is -2.12. The van der Waals surface area contributed by atoms with E-state index in [1.807, 2.05) is 0 Å². The molecule has 1 heterocycles. The highest BCUT2D eigenvalue weighted by atomic mass is 19.3. The molecule has 7 heteroatoms. The molecule has 0 aliphatic rings. The van der Waals surface area contributed by atoms with Gasteiger partial charge in [0.2, 0.25) is 5.88 Å². The summed E-state index contributed by atoms with van der Waals surface area (Å²) in [5.41, 5.74) is -0.895. The Hall–Kier alpha value is -2.23.